The smallest absolute Gasteiger partial charge is 0.338 e. The van der Waals surface area contributed by atoms with Crippen molar-refractivity contribution in [2.45, 2.75) is 116 Å². The molecule has 1 aromatic rings. The van der Waals surface area contributed by atoms with Crippen LogP contribution >= 0.6 is 0 Å². The minimum absolute atomic E-state index is 0.0290. The zero-order valence-electron chi connectivity index (χ0n) is 26.3. The maximum absolute atomic E-state index is 13.2. The van der Waals surface area contributed by atoms with Gasteiger partial charge in [-0.05, 0) is 56.8 Å². The Balaban J connectivity index is 1.30. The van der Waals surface area contributed by atoms with Crippen molar-refractivity contribution in [1.82, 2.24) is 4.98 Å². The van der Waals surface area contributed by atoms with E-state index in [1.54, 1.807) is 20.1 Å². The van der Waals surface area contributed by atoms with E-state index >= 15 is 0 Å². The van der Waals surface area contributed by atoms with Crippen molar-refractivity contribution >= 4 is 18.0 Å². The number of aliphatic hydroxyl groups is 2. The Hall–Kier alpha value is -3.05. The van der Waals surface area contributed by atoms with Gasteiger partial charge in [-0.1, -0.05) is 44.2 Å². The maximum Gasteiger partial charge on any atom is 0.338 e. The van der Waals surface area contributed by atoms with Crippen molar-refractivity contribution < 1.29 is 43.2 Å². The van der Waals surface area contributed by atoms with Crippen LogP contribution in [0.15, 0.2) is 52.2 Å². The largest absolute Gasteiger partial charge is 0.462 e. The average Bonchev–Trinajstić information content (AvgIpc) is 3.84. The molecule has 5 rings (SSSR count). The van der Waals surface area contributed by atoms with Crippen LogP contribution in [0.4, 0.5) is 0 Å². The van der Waals surface area contributed by atoms with Gasteiger partial charge in [-0.3, -0.25) is 4.79 Å². The average molecular weight is 612 g/mol. The first-order valence-electron chi connectivity index (χ1n) is 15.6. The second-order valence-electron chi connectivity index (χ2n) is 13.1. The molecule has 4 aliphatic heterocycles. The molecule has 0 saturated carbocycles. The van der Waals surface area contributed by atoms with Crippen molar-refractivity contribution in [1.29, 1.82) is 0 Å². The summed E-state index contributed by atoms with van der Waals surface area (Å²) in [6.45, 7) is 11.2. The summed E-state index contributed by atoms with van der Waals surface area (Å²) in [6.07, 6.45) is 10.2. The molecule has 3 fully saturated rings. The molecule has 11 atom stereocenters. The van der Waals surface area contributed by atoms with E-state index in [0.717, 1.165) is 11.3 Å². The molecule has 1 unspecified atom stereocenters. The van der Waals surface area contributed by atoms with Gasteiger partial charge in [0.15, 0.2) is 12.0 Å². The van der Waals surface area contributed by atoms with Gasteiger partial charge >= 0.3 is 11.9 Å². The summed E-state index contributed by atoms with van der Waals surface area (Å²) in [5.74, 6) is -0.684. The van der Waals surface area contributed by atoms with E-state index in [4.69, 9.17) is 23.4 Å². The van der Waals surface area contributed by atoms with Gasteiger partial charge in [0, 0.05) is 31.6 Å². The van der Waals surface area contributed by atoms with E-state index in [9.17, 15) is 19.8 Å². The first-order valence-corrected chi connectivity index (χ1v) is 15.6. The molecule has 0 amide bonds. The predicted octanol–water partition coefficient (Wildman–Crippen LogP) is 4.39. The molecular weight excluding hydrogens is 566 g/mol. The number of carbonyl (C=O) groups is 2. The first-order chi connectivity index (χ1) is 20.8. The molecule has 0 radical (unpaired) electrons. The number of rotatable bonds is 6. The fourth-order valence-corrected chi connectivity index (χ4v) is 6.25. The predicted molar refractivity (Wildman–Crippen MR) is 161 cm³/mol. The molecular formula is C34H45NO9. The maximum atomic E-state index is 13.2. The summed E-state index contributed by atoms with van der Waals surface area (Å²) >= 11 is 0. The molecule has 0 aliphatic carbocycles. The van der Waals surface area contributed by atoms with E-state index in [-0.39, 0.29) is 42.5 Å². The lowest BCUT2D eigenvalue weighted by Gasteiger charge is -2.32. The summed E-state index contributed by atoms with van der Waals surface area (Å²) in [4.78, 5) is 29.9. The number of epoxide rings is 2. The monoisotopic (exact) mass is 611 g/mol. The van der Waals surface area contributed by atoms with Gasteiger partial charge in [0.25, 0.3) is 0 Å². The normalized spacial score (nSPS) is 38.6. The van der Waals surface area contributed by atoms with Crippen LogP contribution in [0.25, 0.3) is 6.08 Å². The molecule has 5 heterocycles. The highest BCUT2D eigenvalue weighted by Gasteiger charge is 2.57. The summed E-state index contributed by atoms with van der Waals surface area (Å²) in [5.41, 5.74) is 1.49. The van der Waals surface area contributed by atoms with Gasteiger partial charge in [0.2, 0.25) is 0 Å². The van der Waals surface area contributed by atoms with Gasteiger partial charge in [0.05, 0.1) is 18.3 Å². The van der Waals surface area contributed by atoms with E-state index < -0.39 is 41.9 Å². The number of cyclic esters (lactones) is 1. The van der Waals surface area contributed by atoms with Crippen LogP contribution in [-0.2, 0) is 28.5 Å². The van der Waals surface area contributed by atoms with Crippen LogP contribution in [0.5, 0.6) is 0 Å². The number of hydrogen-bond donors (Lipinski definition) is 2. The highest BCUT2D eigenvalue weighted by Crippen LogP contribution is 2.44. The number of esters is 2. The zero-order chi connectivity index (χ0) is 31.8. The Morgan fingerprint density at radius 2 is 1.89 bits per heavy atom. The number of allylic oxidation sites excluding steroid dienone is 4. The van der Waals surface area contributed by atoms with Crippen LogP contribution in [-0.4, -0.2) is 75.5 Å². The summed E-state index contributed by atoms with van der Waals surface area (Å²) < 4.78 is 28.5. The molecule has 44 heavy (non-hydrogen) atoms. The van der Waals surface area contributed by atoms with Crippen LogP contribution in [0.3, 0.4) is 0 Å². The van der Waals surface area contributed by atoms with Gasteiger partial charge in [-0.15, -0.1) is 0 Å². The van der Waals surface area contributed by atoms with Crippen molar-refractivity contribution in [2.75, 3.05) is 0 Å². The topological polar surface area (TPSA) is 144 Å². The summed E-state index contributed by atoms with van der Waals surface area (Å²) in [7, 11) is 0. The Morgan fingerprint density at radius 3 is 2.61 bits per heavy atom. The van der Waals surface area contributed by atoms with E-state index in [1.165, 1.54) is 0 Å². The van der Waals surface area contributed by atoms with Crippen LogP contribution in [0.1, 0.15) is 71.9 Å². The molecule has 10 heteroatoms. The summed E-state index contributed by atoms with van der Waals surface area (Å²) in [5, 5.41) is 22.6. The second-order valence-corrected chi connectivity index (χ2v) is 13.1. The number of oxazole rings is 1. The quantitative estimate of drug-likeness (QED) is 0.206. The fourth-order valence-electron chi connectivity index (χ4n) is 6.25. The van der Waals surface area contributed by atoms with Gasteiger partial charge in [-0.2, -0.15) is 0 Å². The van der Waals surface area contributed by atoms with Crippen molar-refractivity contribution in [3.8, 4) is 0 Å². The molecule has 3 saturated heterocycles. The highest BCUT2D eigenvalue weighted by molar-refractivity contribution is 5.78. The highest BCUT2D eigenvalue weighted by atomic mass is 16.6. The number of aromatic nitrogens is 1. The minimum atomic E-state index is -0.960. The molecule has 4 aliphatic rings. The minimum Gasteiger partial charge on any atom is -0.462 e. The zero-order valence-corrected chi connectivity index (χ0v) is 26.3. The molecule has 240 valence electrons. The Bertz CT molecular complexity index is 1340. The number of nitrogens with zero attached hydrogens (tertiary/aromatic N) is 1. The number of fused-ring (bicyclic) bond motifs is 4. The molecule has 0 spiro atoms. The Labute approximate surface area is 258 Å². The van der Waals surface area contributed by atoms with E-state index in [0.29, 0.717) is 30.7 Å². The Kier molecular flexibility index (Phi) is 9.65. The van der Waals surface area contributed by atoms with Crippen LogP contribution in [0.2, 0.25) is 0 Å². The number of ether oxygens (including phenoxy) is 4. The number of aryl methyl sites for hydroxylation is 1. The summed E-state index contributed by atoms with van der Waals surface area (Å²) in [6, 6.07) is 0. The van der Waals surface area contributed by atoms with Gasteiger partial charge < -0.3 is 33.6 Å². The molecule has 10 nitrogen and oxygen atoms in total. The van der Waals surface area contributed by atoms with Crippen molar-refractivity contribution in [3.63, 3.8) is 0 Å². The third-order valence-electron chi connectivity index (χ3n) is 9.42. The Morgan fingerprint density at radius 1 is 1.14 bits per heavy atom. The number of carbonyl (C=O) groups excluding carboxylic acids is 2. The molecule has 2 N–H and O–H groups in total. The fraction of sp³-hybridized carbons (Fsp3) is 0.618. The van der Waals surface area contributed by atoms with Crippen LogP contribution < -0.4 is 0 Å². The van der Waals surface area contributed by atoms with Crippen molar-refractivity contribution in [2.24, 2.45) is 17.8 Å². The van der Waals surface area contributed by atoms with E-state index in [2.05, 4.69) is 4.98 Å². The van der Waals surface area contributed by atoms with Gasteiger partial charge in [0.1, 0.15) is 35.9 Å². The van der Waals surface area contributed by atoms with E-state index in [1.807, 2.05) is 64.2 Å². The van der Waals surface area contributed by atoms with Crippen LogP contribution in [0, 0.1) is 24.7 Å². The molecule has 2 bridgehead atoms. The third-order valence-corrected chi connectivity index (χ3v) is 9.42. The lowest BCUT2D eigenvalue weighted by molar-refractivity contribution is -0.159. The first kappa shape index (κ1) is 32.3. The second kappa shape index (κ2) is 13.1. The lowest BCUT2D eigenvalue weighted by Crippen LogP contribution is -2.41. The molecule has 0 aromatic carbocycles. The van der Waals surface area contributed by atoms with Gasteiger partial charge in [-0.25, -0.2) is 9.78 Å². The molecule has 1 aromatic heterocycles. The lowest BCUT2D eigenvalue weighted by atomic mass is 9.84. The number of aliphatic hydroxyl groups excluding tert-OH is 2. The third kappa shape index (κ3) is 7.59. The number of hydrogen-bond acceptors (Lipinski definition) is 10. The SMILES string of the molecule is CC(/C=C/C=C(\C)[C@H](O)[C@@H](C)C1C[C@H](O)[C@]2(C)O[C@@H]2/C=C/[C@@H](C)[C@H]2C[C@H](CC(=O)O2)C[C@H]2O[C@H]2C(=O)O1)=C\c1coc(C)n1. The standard InChI is InChI=1S/C34H45NO9/c1-18(12-24-17-40-22(5)35-24)8-7-9-20(3)31(38)21(4)26-16-28(36)34(6)29(44-34)11-10-19(2)25-13-23(15-30(37)41-25)14-27-32(42-27)33(39)43-26/h7-12,17,19,21,23,25-29,31-32,36,38H,13-16H2,1-6H3/b8-7+,11-10+,18-12+,20-9+/t19-,21+,23+,25-,26?,27-,28+,29-,31+,32-,34+/m1/s1. The van der Waals surface area contributed by atoms with Crippen molar-refractivity contribution in [3.05, 3.63) is 59.4 Å².